The number of hydrogen-bond donors (Lipinski definition) is 2. The van der Waals surface area contributed by atoms with Crippen molar-refractivity contribution in [2.75, 3.05) is 23.3 Å². The molecule has 1 heterocycles. The number of aliphatic hydroxyl groups excluding tert-OH is 1. The predicted molar refractivity (Wildman–Crippen MR) is 135 cm³/mol. The van der Waals surface area contributed by atoms with Crippen LogP contribution in [-0.2, 0) is 0 Å². The van der Waals surface area contributed by atoms with Crippen LogP contribution in [0.1, 0.15) is 47.8 Å². The fourth-order valence-electron chi connectivity index (χ4n) is 4.71. The van der Waals surface area contributed by atoms with Crippen molar-refractivity contribution in [3.05, 3.63) is 95.1 Å². The van der Waals surface area contributed by atoms with Crippen LogP contribution in [0.2, 0.25) is 0 Å². The standard InChI is InChI=1S/C28H27N3O2/c1-3-31(4-2)19-15-13-18(14-16-19)24-17-25(30-23-12-8-7-11-22(23)29-24)26-27(32)20-9-5-6-10-21(20)28(26)33/h5-16,24,29,32H,3-4,17H2,1-2H3. The smallest absolute Gasteiger partial charge is 0.199 e. The molecule has 0 radical (unpaired) electrons. The van der Waals surface area contributed by atoms with E-state index in [1.54, 1.807) is 12.1 Å². The first-order valence-corrected chi connectivity index (χ1v) is 11.5. The molecule has 0 bridgehead atoms. The van der Waals surface area contributed by atoms with Crippen LogP contribution in [0.3, 0.4) is 0 Å². The van der Waals surface area contributed by atoms with E-state index in [4.69, 9.17) is 4.99 Å². The summed E-state index contributed by atoms with van der Waals surface area (Å²) in [4.78, 5) is 20.4. The van der Waals surface area contributed by atoms with Gasteiger partial charge in [0, 0.05) is 36.3 Å². The van der Waals surface area contributed by atoms with Gasteiger partial charge in [-0.2, -0.15) is 0 Å². The number of carbonyl (C=O) groups excluding carboxylic acids is 1. The Morgan fingerprint density at radius 3 is 2.30 bits per heavy atom. The molecule has 0 fully saturated rings. The molecule has 1 unspecified atom stereocenters. The van der Waals surface area contributed by atoms with Crippen LogP contribution < -0.4 is 10.2 Å². The molecule has 1 aliphatic heterocycles. The van der Waals surface area contributed by atoms with Crippen molar-refractivity contribution in [1.29, 1.82) is 0 Å². The summed E-state index contributed by atoms with van der Waals surface area (Å²) in [5.74, 6) is -0.152. The van der Waals surface area contributed by atoms with Gasteiger partial charge in [-0.1, -0.05) is 48.5 Å². The van der Waals surface area contributed by atoms with Crippen LogP contribution >= 0.6 is 0 Å². The zero-order valence-corrected chi connectivity index (χ0v) is 18.9. The molecule has 0 amide bonds. The van der Waals surface area contributed by atoms with Gasteiger partial charge in [0.2, 0.25) is 0 Å². The van der Waals surface area contributed by atoms with Crippen LogP contribution in [-0.4, -0.2) is 29.7 Å². The number of ketones is 1. The molecular weight excluding hydrogens is 410 g/mol. The summed E-state index contributed by atoms with van der Waals surface area (Å²) < 4.78 is 0. The number of nitrogens with one attached hydrogen (secondary N) is 1. The maximum atomic E-state index is 13.2. The largest absolute Gasteiger partial charge is 0.506 e. The van der Waals surface area contributed by atoms with Crippen molar-refractivity contribution < 1.29 is 9.90 Å². The first-order chi connectivity index (χ1) is 16.1. The number of allylic oxidation sites excluding steroid dienone is 1. The molecular formula is C28H27N3O2. The molecule has 166 valence electrons. The van der Waals surface area contributed by atoms with Crippen molar-refractivity contribution in [1.82, 2.24) is 0 Å². The lowest BCUT2D eigenvalue weighted by Crippen LogP contribution is -2.22. The molecule has 5 heteroatoms. The van der Waals surface area contributed by atoms with Gasteiger partial charge in [-0.25, -0.2) is 0 Å². The molecule has 1 aliphatic carbocycles. The minimum Gasteiger partial charge on any atom is -0.506 e. The lowest BCUT2D eigenvalue weighted by Gasteiger charge is -2.23. The van der Waals surface area contributed by atoms with Crippen molar-refractivity contribution in [2.45, 2.75) is 26.3 Å². The first-order valence-electron chi connectivity index (χ1n) is 11.5. The molecule has 33 heavy (non-hydrogen) atoms. The second-order valence-electron chi connectivity index (χ2n) is 8.34. The van der Waals surface area contributed by atoms with E-state index in [-0.39, 0.29) is 17.6 Å². The van der Waals surface area contributed by atoms with Crippen molar-refractivity contribution in [3.63, 3.8) is 0 Å². The quantitative estimate of drug-likeness (QED) is 0.490. The molecule has 2 aliphatic rings. The Balaban J connectivity index is 1.56. The number of anilines is 2. The van der Waals surface area contributed by atoms with E-state index in [9.17, 15) is 9.90 Å². The van der Waals surface area contributed by atoms with Crippen LogP contribution in [0, 0.1) is 0 Å². The minimum atomic E-state index is -0.170. The highest BCUT2D eigenvalue weighted by Gasteiger charge is 2.34. The number of hydrogen-bond acceptors (Lipinski definition) is 5. The van der Waals surface area contributed by atoms with Crippen LogP contribution in [0.4, 0.5) is 17.1 Å². The molecule has 0 saturated heterocycles. The molecule has 5 rings (SSSR count). The van der Waals surface area contributed by atoms with E-state index < -0.39 is 0 Å². The minimum absolute atomic E-state index is 0.0179. The van der Waals surface area contributed by atoms with E-state index in [2.05, 4.69) is 48.3 Å². The van der Waals surface area contributed by atoms with Gasteiger partial charge in [0.15, 0.2) is 5.78 Å². The number of aliphatic imine (C=N–C) groups is 1. The maximum Gasteiger partial charge on any atom is 0.199 e. The summed E-state index contributed by atoms with van der Waals surface area (Å²) >= 11 is 0. The number of para-hydroxylation sites is 2. The molecule has 3 aromatic carbocycles. The Hall–Kier alpha value is -3.86. The predicted octanol–water partition coefficient (Wildman–Crippen LogP) is 6.33. The van der Waals surface area contributed by atoms with Gasteiger partial charge in [-0.15, -0.1) is 0 Å². The molecule has 0 spiro atoms. The van der Waals surface area contributed by atoms with Crippen molar-refractivity contribution in [2.24, 2.45) is 4.99 Å². The lowest BCUT2D eigenvalue weighted by molar-refractivity contribution is 0.104. The lowest BCUT2D eigenvalue weighted by atomic mass is 9.95. The van der Waals surface area contributed by atoms with Crippen LogP contribution in [0.5, 0.6) is 0 Å². The number of Topliss-reactive ketones (excluding diaryl/α,β-unsaturated/α-hetero) is 1. The molecule has 1 atom stereocenters. The molecule has 2 N–H and O–H groups in total. The summed E-state index contributed by atoms with van der Waals surface area (Å²) in [6.07, 6.45) is 0.485. The molecule has 0 saturated carbocycles. The van der Waals surface area contributed by atoms with E-state index in [1.807, 2.05) is 36.4 Å². The van der Waals surface area contributed by atoms with E-state index in [0.717, 1.165) is 30.0 Å². The number of fused-ring (bicyclic) bond motifs is 2. The van der Waals surface area contributed by atoms with Gasteiger partial charge in [0.05, 0.1) is 28.7 Å². The van der Waals surface area contributed by atoms with Gasteiger partial charge in [0.1, 0.15) is 5.76 Å². The maximum absolute atomic E-state index is 13.2. The zero-order chi connectivity index (χ0) is 22.9. The van der Waals surface area contributed by atoms with E-state index >= 15 is 0 Å². The Bertz CT molecular complexity index is 1270. The molecule has 5 nitrogen and oxygen atoms in total. The fourth-order valence-corrected chi connectivity index (χ4v) is 4.71. The average Bonchev–Trinajstić information content (AvgIpc) is 2.98. The first kappa shape index (κ1) is 21.0. The van der Waals surface area contributed by atoms with Gasteiger partial charge < -0.3 is 15.3 Å². The second-order valence-corrected chi connectivity index (χ2v) is 8.34. The molecule has 0 aromatic heterocycles. The van der Waals surface area contributed by atoms with Crippen molar-refractivity contribution >= 4 is 34.3 Å². The highest BCUT2D eigenvalue weighted by molar-refractivity contribution is 6.36. The summed E-state index contributed by atoms with van der Waals surface area (Å²) in [6, 6.07) is 23.5. The summed E-state index contributed by atoms with van der Waals surface area (Å²) in [5.41, 5.74) is 5.98. The zero-order valence-electron chi connectivity index (χ0n) is 18.9. The third-order valence-electron chi connectivity index (χ3n) is 6.49. The van der Waals surface area contributed by atoms with Crippen LogP contribution in [0.15, 0.2) is 83.4 Å². The van der Waals surface area contributed by atoms with Gasteiger partial charge in [0.25, 0.3) is 0 Å². The SMILES string of the molecule is CCN(CC)c1ccc(C2CC(C3=C(O)c4ccccc4C3=O)=Nc3ccccc3N2)cc1. The van der Waals surface area contributed by atoms with E-state index in [1.165, 1.54) is 5.69 Å². The number of rotatable bonds is 5. The highest BCUT2D eigenvalue weighted by Crippen LogP contribution is 2.39. The van der Waals surface area contributed by atoms with Crippen molar-refractivity contribution in [3.8, 4) is 0 Å². The topological polar surface area (TPSA) is 64.9 Å². The number of aliphatic hydroxyl groups is 1. The third-order valence-corrected chi connectivity index (χ3v) is 6.49. The molecule has 3 aromatic rings. The second kappa shape index (κ2) is 8.58. The Labute approximate surface area is 194 Å². The fraction of sp³-hybridized carbons (Fsp3) is 0.214. The highest BCUT2D eigenvalue weighted by atomic mass is 16.3. The van der Waals surface area contributed by atoms with Gasteiger partial charge in [-0.05, 0) is 43.7 Å². The van der Waals surface area contributed by atoms with Gasteiger partial charge >= 0.3 is 0 Å². The number of benzene rings is 3. The number of carbonyl (C=O) groups is 1. The third kappa shape index (κ3) is 3.69. The van der Waals surface area contributed by atoms with E-state index in [0.29, 0.717) is 28.8 Å². The summed E-state index contributed by atoms with van der Waals surface area (Å²) in [6.45, 7) is 6.22. The Kier molecular flexibility index (Phi) is 5.47. The Morgan fingerprint density at radius 1 is 0.939 bits per heavy atom. The van der Waals surface area contributed by atoms with Gasteiger partial charge in [-0.3, -0.25) is 9.79 Å². The average molecular weight is 438 g/mol. The number of nitrogens with zero attached hydrogens (tertiary/aromatic N) is 2. The van der Waals surface area contributed by atoms with Crippen LogP contribution in [0.25, 0.3) is 5.76 Å². The normalized spacial score (nSPS) is 17.1. The Morgan fingerprint density at radius 2 is 1.61 bits per heavy atom. The monoisotopic (exact) mass is 437 g/mol. The summed E-state index contributed by atoms with van der Waals surface area (Å²) in [7, 11) is 0. The summed E-state index contributed by atoms with van der Waals surface area (Å²) in [5, 5.41) is 14.6.